The van der Waals surface area contributed by atoms with Gasteiger partial charge in [0.05, 0.1) is 4.83 Å². The van der Waals surface area contributed by atoms with Crippen LogP contribution in [0.1, 0.15) is 54.4 Å². The molecule has 0 aliphatic rings. The number of alkyl halides is 1. The van der Waals surface area contributed by atoms with Gasteiger partial charge in [0.2, 0.25) is 11.8 Å². The maximum atomic E-state index is 12.5. The predicted molar refractivity (Wildman–Crippen MR) is 98.0 cm³/mol. The summed E-state index contributed by atoms with van der Waals surface area (Å²) in [5.74, 6) is -1.50. The van der Waals surface area contributed by atoms with Crippen molar-refractivity contribution in [3.8, 4) is 0 Å². The van der Waals surface area contributed by atoms with Crippen LogP contribution >= 0.6 is 15.9 Å². The van der Waals surface area contributed by atoms with Crippen LogP contribution in [0.5, 0.6) is 0 Å². The van der Waals surface area contributed by atoms with Gasteiger partial charge in [-0.15, -0.1) is 0 Å². The molecule has 6 nitrogen and oxygen atoms in total. The molecule has 0 aromatic heterocycles. The number of carbonyl (C=O) groups excluding carboxylic acids is 2. The highest BCUT2D eigenvalue weighted by Crippen LogP contribution is 2.14. The lowest BCUT2D eigenvalue weighted by atomic mass is 10.00. The van der Waals surface area contributed by atoms with Crippen molar-refractivity contribution < 1.29 is 19.5 Å². The molecule has 7 heteroatoms. The molecule has 0 saturated carbocycles. The summed E-state index contributed by atoms with van der Waals surface area (Å²) in [6.45, 7) is 11.4. The summed E-state index contributed by atoms with van der Waals surface area (Å²) < 4.78 is 0. The standard InChI is InChI=1S/C17H31BrN2O4/c1-9(2)7-12(18)15(21)19-13(8-10(3)4)16(22)20-14(11(5)6)17(23)24/h9-14H,7-8H2,1-6H3,(H,19,21)(H,20,22)(H,23,24)/t12?,13-,14-/m0/s1. The second kappa shape index (κ2) is 10.7. The smallest absolute Gasteiger partial charge is 0.326 e. The van der Waals surface area contributed by atoms with Gasteiger partial charge < -0.3 is 15.7 Å². The van der Waals surface area contributed by atoms with Crippen molar-refractivity contribution in [2.24, 2.45) is 17.8 Å². The molecule has 0 fully saturated rings. The topological polar surface area (TPSA) is 95.5 Å². The number of carboxylic acid groups (broad SMARTS) is 1. The Kier molecular flexibility index (Phi) is 10.2. The van der Waals surface area contributed by atoms with Gasteiger partial charge >= 0.3 is 5.97 Å². The van der Waals surface area contributed by atoms with Crippen LogP contribution in [0.2, 0.25) is 0 Å². The molecule has 0 spiro atoms. The molecule has 140 valence electrons. The van der Waals surface area contributed by atoms with Crippen LogP contribution in [-0.2, 0) is 14.4 Å². The molecule has 0 rings (SSSR count). The van der Waals surface area contributed by atoms with Crippen molar-refractivity contribution in [3.63, 3.8) is 0 Å². The molecule has 3 atom stereocenters. The minimum Gasteiger partial charge on any atom is -0.480 e. The van der Waals surface area contributed by atoms with Crippen LogP contribution in [0.4, 0.5) is 0 Å². The maximum Gasteiger partial charge on any atom is 0.326 e. The van der Waals surface area contributed by atoms with Gasteiger partial charge in [-0.3, -0.25) is 9.59 Å². The van der Waals surface area contributed by atoms with Crippen molar-refractivity contribution in [2.45, 2.75) is 71.3 Å². The Hall–Kier alpha value is -1.11. The van der Waals surface area contributed by atoms with Gasteiger partial charge in [0.15, 0.2) is 0 Å². The van der Waals surface area contributed by atoms with Gasteiger partial charge in [0.1, 0.15) is 12.1 Å². The molecule has 1 unspecified atom stereocenters. The fraction of sp³-hybridized carbons (Fsp3) is 0.824. The molecular formula is C17H31BrN2O4. The molecule has 24 heavy (non-hydrogen) atoms. The highest BCUT2D eigenvalue weighted by atomic mass is 79.9. The monoisotopic (exact) mass is 406 g/mol. The number of amides is 2. The lowest BCUT2D eigenvalue weighted by Crippen LogP contribution is -2.54. The first kappa shape index (κ1) is 22.9. The number of hydrogen-bond donors (Lipinski definition) is 3. The normalized spacial score (nSPS) is 15.2. The second-order valence-electron chi connectivity index (χ2n) is 7.36. The predicted octanol–water partition coefficient (Wildman–Crippen LogP) is 2.55. The zero-order chi connectivity index (χ0) is 19.0. The first-order valence-corrected chi connectivity index (χ1v) is 9.34. The van der Waals surface area contributed by atoms with Crippen LogP contribution in [0.3, 0.4) is 0 Å². The van der Waals surface area contributed by atoms with Crippen LogP contribution in [0, 0.1) is 17.8 Å². The number of carbonyl (C=O) groups is 3. The summed E-state index contributed by atoms with van der Waals surface area (Å²) in [5.41, 5.74) is 0. The van der Waals surface area contributed by atoms with E-state index in [1.54, 1.807) is 13.8 Å². The van der Waals surface area contributed by atoms with E-state index in [1.807, 2.05) is 27.7 Å². The summed E-state index contributed by atoms with van der Waals surface area (Å²) in [4.78, 5) is 35.6. The Balaban J connectivity index is 5.01. The van der Waals surface area contributed by atoms with Crippen molar-refractivity contribution in [2.75, 3.05) is 0 Å². The fourth-order valence-electron chi connectivity index (χ4n) is 2.25. The SMILES string of the molecule is CC(C)CC(Br)C(=O)N[C@@H](CC(C)C)C(=O)N[C@H](C(=O)O)C(C)C. The first-order valence-electron chi connectivity index (χ1n) is 8.43. The molecule has 2 amide bonds. The fourth-order valence-corrected chi connectivity index (χ4v) is 3.13. The summed E-state index contributed by atoms with van der Waals surface area (Å²) in [7, 11) is 0. The van der Waals surface area contributed by atoms with E-state index in [-0.39, 0.29) is 22.6 Å². The van der Waals surface area contributed by atoms with E-state index in [4.69, 9.17) is 0 Å². The van der Waals surface area contributed by atoms with E-state index in [9.17, 15) is 19.5 Å². The molecular weight excluding hydrogens is 376 g/mol. The summed E-state index contributed by atoms with van der Waals surface area (Å²) in [5, 5.41) is 14.5. The van der Waals surface area contributed by atoms with Crippen LogP contribution in [-0.4, -0.2) is 39.8 Å². The molecule has 0 saturated heterocycles. The number of rotatable bonds is 10. The Morgan fingerprint density at radius 1 is 0.875 bits per heavy atom. The van der Waals surface area contributed by atoms with E-state index < -0.39 is 24.0 Å². The zero-order valence-electron chi connectivity index (χ0n) is 15.4. The number of halogens is 1. The van der Waals surface area contributed by atoms with Crippen molar-refractivity contribution in [1.82, 2.24) is 10.6 Å². The quantitative estimate of drug-likeness (QED) is 0.485. The molecule has 0 aromatic rings. The Labute approximate surface area is 153 Å². The number of nitrogens with one attached hydrogen (secondary N) is 2. The van der Waals surface area contributed by atoms with E-state index in [0.29, 0.717) is 18.8 Å². The van der Waals surface area contributed by atoms with Crippen LogP contribution in [0.25, 0.3) is 0 Å². The highest BCUT2D eigenvalue weighted by molar-refractivity contribution is 9.10. The lowest BCUT2D eigenvalue weighted by Gasteiger charge is -2.25. The van der Waals surface area contributed by atoms with E-state index in [0.717, 1.165) is 0 Å². The third-order valence-electron chi connectivity index (χ3n) is 3.53. The van der Waals surface area contributed by atoms with E-state index in [2.05, 4.69) is 26.6 Å². The molecule has 0 aliphatic heterocycles. The molecule has 0 aromatic carbocycles. The highest BCUT2D eigenvalue weighted by Gasteiger charge is 2.30. The molecule has 0 aliphatic carbocycles. The minimum atomic E-state index is -1.08. The van der Waals surface area contributed by atoms with Gasteiger partial charge in [-0.1, -0.05) is 57.5 Å². The largest absolute Gasteiger partial charge is 0.480 e. The molecule has 0 bridgehead atoms. The van der Waals surface area contributed by atoms with Crippen molar-refractivity contribution in [1.29, 1.82) is 0 Å². The Morgan fingerprint density at radius 2 is 1.38 bits per heavy atom. The van der Waals surface area contributed by atoms with Gasteiger partial charge in [-0.25, -0.2) is 4.79 Å². The van der Waals surface area contributed by atoms with Gasteiger partial charge in [-0.05, 0) is 30.6 Å². The second-order valence-corrected chi connectivity index (χ2v) is 8.46. The summed E-state index contributed by atoms with van der Waals surface area (Å²) >= 11 is 3.35. The van der Waals surface area contributed by atoms with Gasteiger partial charge in [-0.2, -0.15) is 0 Å². The van der Waals surface area contributed by atoms with E-state index >= 15 is 0 Å². The molecule has 0 radical (unpaired) electrons. The summed E-state index contributed by atoms with van der Waals surface area (Å²) in [6, 6.07) is -1.72. The van der Waals surface area contributed by atoms with Gasteiger partial charge in [0.25, 0.3) is 0 Å². The minimum absolute atomic E-state index is 0.183. The average Bonchev–Trinajstić information content (AvgIpc) is 2.41. The Morgan fingerprint density at radius 3 is 1.75 bits per heavy atom. The first-order chi connectivity index (χ1) is 11.0. The average molecular weight is 407 g/mol. The van der Waals surface area contributed by atoms with Gasteiger partial charge in [0, 0.05) is 0 Å². The molecule has 3 N–H and O–H groups in total. The van der Waals surface area contributed by atoms with Crippen molar-refractivity contribution >= 4 is 33.7 Å². The zero-order valence-corrected chi connectivity index (χ0v) is 17.0. The number of hydrogen-bond acceptors (Lipinski definition) is 3. The van der Waals surface area contributed by atoms with E-state index in [1.165, 1.54) is 0 Å². The lowest BCUT2D eigenvalue weighted by molar-refractivity contribution is -0.143. The number of carboxylic acids is 1. The third-order valence-corrected chi connectivity index (χ3v) is 4.32. The third kappa shape index (κ3) is 8.66. The molecule has 0 heterocycles. The Bertz CT molecular complexity index is 438. The number of aliphatic carboxylic acids is 1. The maximum absolute atomic E-state index is 12.5. The van der Waals surface area contributed by atoms with Crippen LogP contribution in [0.15, 0.2) is 0 Å². The van der Waals surface area contributed by atoms with Crippen LogP contribution < -0.4 is 10.6 Å². The van der Waals surface area contributed by atoms with Crippen molar-refractivity contribution in [3.05, 3.63) is 0 Å². The summed E-state index contributed by atoms with van der Waals surface area (Å²) in [6.07, 6.45) is 1.11.